The highest BCUT2D eigenvalue weighted by Crippen LogP contribution is 2.55. The second kappa shape index (κ2) is 12.6. The Balaban J connectivity index is 1.05. The molecule has 2 aliphatic heterocycles. The van der Waals surface area contributed by atoms with Gasteiger partial charge in [-0.05, 0) is 105 Å². The quantitative estimate of drug-likeness (QED) is 0.177. The predicted molar refractivity (Wildman–Crippen MR) is 219 cm³/mol. The molecule has 0 radical (unpaired) electrons. The number of nitrogens with zero attached hydrogens (tertiary/aromatic N) is 2. The van der Waals surface area contributed by atoms with Crippen LogP contribution in [0.25, 0.3) is 33.0 Å². The summed E-state index contributed by atoms with van der Waals surface area (Å²) in [5.41, 5.74) is 9.91. The summed E-state index contributed by atoms with van der Waals surface area (Å²) in [6.45, 7) is 0. The molecule has 6 heteroatoms. The Morgan fingerprint density at radius 1 is 0.434 bits per heavy atom. The number of benzene rings is 8. The van der Waals surface area contributed by atoms with E-state index in [4.69, 9.17) is 0 Å². The van der Waals surface area contributed by atoms with Crippen LogP contribution in [0.4, 0.5) is 28.4 Å². The largest absolute Gasteiger partial charge is 0.319 e. The van der Waals surface area contributed by atoms with Crippen molar-refractivity contribution in [3.63, 3.8) is 0 Å². The fraction of sp³-hybridized carbons (Fsp3) is 0.0213. The molecule has 254 valence electrons. The normalized spacial score (nSPS) is 15.5. The molecule has 1 unspecified atom stereocenters. The molecule has 53 heavy (non-hydrogen) atoms. The molecular formula is C47H32N2O2S2. The van der Waals surface area contributed by atoms with Crippen LogP contribution < -0.4 is 9.80 Å². The lowest BCUT2D eigenvalue weighted by Crippen LogP contribution is -2.24. The molecule has 0 aromatic heterocycles. The first kappa shape index (κ1) is 31.6. The number of fused-ring (bicyclic) bond motifs is 4. The van der Waals surface area contributed by atoms with Crippen LogP contribution in [0, 0.1) is 0 Å². The maximum atomic E-state index is 14.5. The topological polar surface area (TPSA) is 40.6 Å². The van der Waals surface area contributed by atoms with Crippen LogP contribution in [-0.4, -0.2) is 8.42 Å². The highest BCUT2D eigenvalue weighted by molar-refractivity contribution is 7.99. The van der Waals surface area contributed by atoms with Crippen molar-refractivity contribution >= 4 is 60.8 Å². The highest BCUT2D eigenvalue weighted by atomic mass is 32.2. The lowest BCUT2D eigenvalue weighted by molar-refractivity contribution is 0.589. The molecule has 8 aromatic rings. The molecule has 2 heterocycles. The smallest absolute Gasteiger partial charge is 0.206 e. The minimum atomic E-state index is -3.76. The molecule has 10 rings (SSSR count). The van der Waals surface area contributed by atoms with Crippen molar-refractivity contribution in [1.82, 2.24) is 0 Å². The standard InChI is InChI=1S/C47H32N2O2S2/c50-53(51)46-17-9-7-15-43(46)49(40-27-22-35(23-28-40)37-19-18-33-12-4-5-13-36(33)30-37)47(53)38-24-29-42-45(31-38)52-44-16-8-6-14-41(44)48(42)39-25-20-34(21-26-39)32-10-2-1-3-11-32/h1-31,47H. The number of hydrogen-bond donors (Lipinski definition) is 0. The predicted octanol–water partition coefficient (Wildman–Crippen LogP) is 12.7. The van der Waals surface area contributed by atoms with Gasteiger partial charge in [-0.2, -0.15) is 0 Å². The third kappa shape index (κ3) is 5.33. The molecule has 1 atom stereocenters. The average Bonchev–Trinajstić information content (AvgIpc) is 3.46. The van der Waals surface area contributed by atoms with Crippen molar-refractivity contribution in [2.75, 3.05) is 9.80 Å². The van der Waals surface area contributed by atoms with Gasteiger partial charge in [-0.15, -0.1) is 0 Å². The molecule has 2 aliphatic rings. The molecule has 4 nitrogen and oxygen atoms in total. The van der Waals surface area contributed by atoms with Crippen molar-refractivity contribution in [1.29, 1.82) is 0 Å². The second-order valence-corrected chi connectivity index (χ2v) is 16.4. The third-order valence-corrected chi connectivity index (χ3v) is 13.4. The van der Waals surface area contributed by atoms with Crippen LogP contribution in [-0.2, 0) is 9.84 Å². The van der Waals surface area contributed by atoms with Crippen molar-refractivity contribution in [3.8, 4) is 22.3 Å². The van der Waals surface area contributed by atoms with E-state index in [-0.39, 0.29) is 0 Å². The summed E-state index contributed by atoms with van der Waals surface area (Å²) < 4.78 is 29.0. The summed E-state index contributed by atoms with van der Waals surface area (Å²) in [6, 6.07) is 64.0. The summed E-state index contributed by atoms with van der Waals surface area (Å²) in [5, 5.41) is 1.46. The summed E-state index contributed by atoms with van der Waals surface area (Å²) >= 11 is 1.68. The Morgan fingerprint density at radius 3 is 1.81 bits per heavy atom. The number of anilines is 5. The maximum absolute atomic E-state index is 14.5. The van der Waals surface area contributed by atoms with Crippen LogP contribution in [0.1, 0.15) is 10.9 Å². The van der Waals surface area contributed by atoms with Crippen molar-refractivity contribution < 1.29 is 8.42 Å². The van der Waals surface area contributed by atoms with Gasteiger partial charge in [0.05, 0.1) is 22.0 Å². The molecule has 0 amide bonds. The van der Waals surface area contributed by atoms with Crippen molar-refractivity contribution in [3.05, 3.63) is 194 Å². The van der Waals surface area contributed by atoms with Crippen LogP contribution in [0.3, 0.4) is 0 Å². The molecule has 0 N–H and O–H groups in total. The zero-order valence-corrected chi connectivity index (χ0v) is 30.1. The van der Waals surface area contributed by atoms with E-state index in [1.807, 2.05) is 41.3 Å². The molecule has 0 bridgehead atoms. The Hall–Kier alpha value is -6.08. The molecule has 8 aromatic carbocycles. The Labute approximate surface area is 313 Å². The highest BCUT2D eigenvalue weighted by Gasteiger charge is 2.45. The number of sulfone groups is 1. The van der Waals surface area contributed by atoms with E-state index in [1.165, 1.54) is 16.3 Å². The number of para-hydroxylation sites is 2. The van der Waals surface area contributed by atoms with E-state index >= 15 is 0 Å². The third-order valence-electron chi connectivity index (χ3n) is 10.3. The van der Waals surface area contributed by atoms with Gasteiger partial charge in [-0.3, -0.25) is 0 Å². The molecule has 0 saturated heterocycles. The van der Waals surface area contributed by atoms with E-state index in [1.54, 1.807) is 23.9 Å². The molecule has 0 fully saturated rings. The van der Waals surface area contributed by atoms with Crippen LogP contribution in [0.5, 0.6) is 0 Å². The summed E-state index contributed by atoms with van der Waals surface area (Å²) in [6.07, 6.45) is 0. The average molecular weight is 721 g/mol. The van der Waals surface area contributed by atoms with Gasteiger partial charge < -0.3 is 9.80 Å². The fourth-order valence-corrected chi connectivity index (χ4v) is 10.8. The second-order valence-electron chi connectivity index (χ2n) is 13.4. The lowest BCUT2D eigenvalue weighted by Gasteiger charge is -2.34. The first-order chi connectivity index (χ1) is 26.0. The fourth-order valence-electron chi connectivity index (χ4n) is 7.71. The summed E-state index contributed by atoms with van der Waals surface area (Å²) in [5.74, 6) is 0. The van der Waals surface area contributed by atoms with Gasteiger partial charge >= 0.3 is 0 Å². The molecule has 0 aliphatic carbocycles. The summed E-state index contributed by atoms with van der Waals surface area (Å²) in [7, 11) is -3.76. The minimum absolute atomic E-state index is 0.347. The first-order valence-corrected chi connectivity index (χ1v) is 20.0. The molecule has 0 saturated carbocycles. The Morgan fingerprint density at radius 2 is 1.02 bits per heavy atom. The van der Waals surface area contributed by atoms with Gasteiger partial charge in [0.1, 0.15) is 0 Å². The van der Waals surface area contributed by atoms with E-state index < -0.39 is 15.2 Å². The minimum Gasteiger partial charge on any atom is -0.319 e. The zero-order valence-electron chi connectivity index (χ0n) is 28.5. The molecular weight excluding hydrogens is 689 g/mol. The van der Waals surface area contributed by atoms with Gasteiger partial charge in [0, 0.05) is 21.2 Å². The lowest BCUT2D eigenvalue weighted by atomic mass is 10.0. The number of rotatable bonds is 5. The van der Waals surface area contributed by atoms with E-state index in [2.05, 4.69) is 144 Å². The number of hydrogen-bond acceptors (Lipinski definition) is 5. The van der Waals surface area contributed by atoms with Gasteiger partial charge in [0.15, 0.2) is 5.37 Å². The van der Waals surface area contributed by atoms with Crippen LogP contribution >= 0.6 is 11.8 Å². The zero-order chi connectivity index (χ0) is 35.5. The van der Waals surface area contributed by atoms with Gasteiger partial charge in [-0.1, -0.05) is 133 Å². The molecule has 0 spiro atoms. The van der Waals surface area contributed by atoms with Crippen LogP contribution in [0.2, 0.25) is 0 Å². The van der Waals surface area contributed by atoms with E-state index in [9.17, 15) is 8.42 Å². The van der Waals surface area contributed by atoms with Gasteiger partial charge in [0.2, 0.25) is 9.84 Å². The first-order valence-electron chi connectivity index (χ1n) is 17.6. The van der Waals surface area contributed by atoms with Crippen molar-refractivity contribution in [2.45, 2.75) is 20.1 Å². The van der Waals surface area contributed by atoms with Gasteiger partial charge in [-0.25, -0.2) is 8.42 Å². The summed E-state index contributed by atoms with van der Waals surface area (Å²) in [4.78, 5) is 6.73. The monoisotopic (exact) mass is 720 g/mol. The van der Waals surface area contributed by atoms with E-state index in [0.29, 0.717) is 10.6 Å². The van der Waals surface area contributed by atoms with Gasteiger partial charge in [0.25, 0.3) is 0 Å². The maximum Gasteiger partial charge on any atom is 0.206 e. The Kier molecular flexibility index (Phi) is 7.49. The van der Waals surface area contributed by atoms with Crippen LogP contribution in [0.15, 0.2) is 203 Å². The Bertz CT molecular complexity index is 2780. The van der Waals surface area contributed by atoms with Crippen molar-refractivity contribution in [2.24, 2.45) is 0 Å². The van der Waals surface area contributed by atoms with E-state index in [0.717, 1.165) is 54.8 Å². The SMILES string of the molecule is O=S1(=O)c2ccccc2N(c2ccc(-c3ccc4ccccc4c3)cc2)C1c1ccc2c(c1)Sc1ccccc1N2c1ccc(-c2ccccc2)cc1.